The lowest BCUT2D eigenvalue weighted by Gasteiger charge is -2.10. The monoisotopic (exact) mass is 392 g/mol. The number of rotatable bonds is 7. The van der Waals surface area contributed by atoms with Crippen LogP contribution in [0.3, 0.4) is 0 Å². The summed E-state index contributed by atoms with van der Waals surface area (Å²) < 4.78 is 0. The van der Waals surface area contributed by atoms with Gasteiger partial charge in [0.25, 0.3) is 0 Å². The summed E-state index contributed by atoms with van der Waals surface area (Å²) in [5, 5.41) is 8.34. The SMILES string of the molecule is O=C(CCCNC(=O)C1CC(c2cccs2)NN1)Nc1ccc(Cl)cc1. The van der Waals surface area contributed by atoms with Gasteiger partial charge in [-0.15, -0.1) is 11.3 Å². The van der Waals surface area contributed by atoms with E-state index >= 15 is 0 Å². The highest BCUT2D eigenvalue weighted by Gasteiger charge is 2.30. The average molecular weight is 393 g/mol. The molecule has 1 aromatic heterocycles. The van der Waals surface area contributed by atoms with Crippen LogP contribution >= 0.6 is 22.9 Å². The van der Waals surface area contributed by atoms with Gasteiger partial charge in [-0.2, -0.15) is 0 Å². The van der Waals surface area contributed by atoms with E-state index < -0.39 is 0 Å². The summed E-state index contributed by atoms with van der Waals surface area (Å²) in [6, 6.07) is 10.9. The van der Waals surface area contributed by atoms with E-state index in [4.69, 9.17) is 11.6 Å². The third-order valence-corrected chi connectivity index (χ3v) is 5.35. The minimum Gasteiger partial charge on any atom is -0.355 e. The number of hydrazine groups is 1. The molecule has 2 aromatic rings. The van der Waals surface area contributed by atoms with Gasteiger partial charge in [0.15, 0.2) is 0 Å². The van der Waals surface area contributed by atoms with Crippen molar-refractivity contribution in [1.29, 1.82) is 0 Å². The molecule has 2 atom stereocenters. The largest absolute Gasteiger partial charge is 0.355 e. The Morgan fingerprint density at radius 3 is 2.73 bits per heavy atom. The van der Waals surface area contributed by atoms with Crippen molar-refractivity contribution in [3.8, 4) is 0 Å². The van der Waals surface area contributed by atoms with Crippen molar-refractivity contribution in [2.24, 2.45) is 0 Å². The zero-order valence-corrected chi connectivity index (χ0v) is 15.7. The summed E-state index contributed by atoms with van der Waals surface area (Å²) in [4.78, 5) is 25.3. The molecule has 3 rings (SSSR count). The molecular weight excluding hydrogens is 372 g/mol. The Morgan fingerprint density at radius 2 is 2.00 bits per heavy atom. The van der Waals surface area contributed by atoms with Crippen molar-refractivity contribution in [1.82, 2.24) is 16.2 Å². The van der Waals surface area contributed by atoms with Gasteiger partial charge >= 0.3 is 0 Å². The van der Waals surface area contributed by atoms with Gasteiger partial charge in [-0.25, -0.2) is 10.9 Å². The first-order valence-electron chi connectivity index (χ1n) is 8.49. The molecule has 1 fully saturated rings. The lowest BCUT2D eigenvalue weighted by atomic mass is 10.1. The van der Waals surface area contributed by atoms with Crippen molar-refractivity contribution < 1.29 is 9.59 Å². The zero-order valence-electron chi connectivity index (χ0n) is 14.1. The first kappa shape index (κ1) is 18.8. The van der Waals surface area contributed by atoms with Gasteiger partial charge in [-0.05, 0) is 48.6 Å². The number of amides is 2. The molecule has 1 saturated heterocycles. The van der Waals surface area contributed by atoms with E-state index in [1.807, 2.05) is 11.4 Å². The number of nitrogens with one attached hydrogen (secondary N) is 4. The molecule has 0 spiro atoms. The lowest BCUT2D eigenvalue weighted by molar-refractivity contribution is -0.123. The Hall–Kier alpha value is -1.93. The Kier molecular flexibility index (Phi) is 6.62. The highest BCUT2D eigenvalue weighted by molar-refractivity contribution is 7.10. The van der Waals surface area contributed by atoms with Crippen LogP contribution < -0.4 is 21.5 Å². The molecule has 4 N–H and O–H groups in total. The molecule has 2 unspecified atom stereocenters. The van der Waals surface area contributed by atoms with Gasteiger partial charge in [-0.3, -0.25) is 9.59 Å². The number of anilines is 1. The summed E-state index contributed by atoms with van der Waals surface area (Å²) in [5.74, 6) is -0.130. The molecule has 0 saturated carbocycles. The lowest BCUT2D eigenvalue weighted by Crippen LogP contribution is -2.43. The fraction of sp³-hybridized carbons (Fsp3) is 0.333. The van der Waals surface area contributed by atoms with E-state index in [-0.39, 0.29) is 23.9 Å². The minimum atomic E-state index is -0.259. The van der Waals surface area contributed by atoms with Gasteiger partial charge in [0.1, 0.15) is 6.04 Å². The number of hydrogen-bond donors (Lipinski definition) is 4. The number of benzene rings is 1. The standard InChI is InChI=1S/C18H21ClN4O2S/c19-12-5-7-13(8-6-12)21-17(24)4-1-9-20-18(25)15-11-14(22-23-15)16-3-2-10-26-16/h2-3,5-8,10,14-15,22-23H,1,4,9,11H2,(H,20,25)(H,21,24). The third kappa shape index (κ3) is 5.28. The molecule has 26 heavy (non-hydrogen) atoms. The Morgan fingerprint density at radius 1 is 1.19 bits per heavy atom. The molecule has 138 valence electrons. The number of halogens is 1. The van der Waals surface area contributed by atoms with Gasteiger partial charge in [-0.1, -0.05) is 17.7 Å². The Balaban J connectivity index is 1.32. The number of hydrogen-bond acceptors (Lipinski definition) is 5. The molecule has 2 amide bonds. The molecule has 1 aliphatic heterocycles. The zero-order chi connectivity index (χ0) is 18.4. The van der Waals surface area contributed by atoms with Crippen LogP contribution in [-0.4, -0.2) is 24.4 Å². The fourth-order valence-electron chi connectivity index (χ4n) is 2.74. The number of carbonyl (C=O) groups is 2. The summed E-state index contributed by atoms with van der Waals surface area (Å²) in [5.41, 5.74) is 6.90. The summed E-state index contributed by atoms with van der Waals surface area (Å²) >= 11 is 7.48. The second-order valence-electron chi connectivity index (χ2n) is 6.09. The van der Waals surface area contributed by atoms with Crippen molar-refractivity contribution >= 4 is 40.4 Å². The predicted molar refractivity (Wildman–Crippen MR) is 104 cm³/mol. The third-order valence-electron chi connectivity index (χ3n) is 4.11. The van der Waals surface area contributed by atoms with Crippen molar-refractivity contribution in [2.45, 2.75) is 31.3 Å². The molecular formula is C18H21ClN4O2S. The van der Waals surface area contributed by atoms with Crippen LogP contribution in [0.5, 0.6) is 0 Å². The molecule has 1 aliphatic rings. The second-order valence-corrected chi connectivity index (χ2v) is 7.51. The molecule has 6 nitrogen and oxygen atoms in total. The van der Waals surface area contributed by atoms with E-state index in [2.05, 4.69) is 27.6 Å². The van der Waals surface area contributed by atoms with E-state index in [1.54, 1.807) is 35.6 Å². The topological polar surface area (TPSA) is 82.3 Å². The van der Waals surface area contributed by atoms with Gasteiger partial charge in [0.05, 0.1) is 6.04 Å². The smallest absolute Gasteiger partial charge is 0.238 e. The maximum atomic E-state index is 12.2. The second kappa shape index (κ2) is 9.14. The van der Waals surface area contributed by atoms with Crippen LogP contribution in [0.25, 0.3) is 0 Å². The first-order chi connectivity index (χ1) is 12.6. The summed E-state index contributed by atoms with van der Waals surface area (Å²) in [7, 11) is 0. The molecule has 0 bridgehead atoms. The molecule has 0 aliphatic carbocycles. The summed E-state index contributed by atoms with van der Waals surface area (Å²) in [6.45, 7) is 0.467. The quantitative estimate of drug-likeness (QED) is 0.546. The molecule has 2 heterocycles. The normalized spacial score (nSPS) is 19.3. The maximum absolute atomic E-state index is 12.2. The van der Waals surface area contributed by atoms with Crippen LogP contribution in [0, 0.1) is 0 Å². The van der Waals surface area contributed by atoms with E-state index in [9.17, 15) is 9.59 Å². The van der Waals surface area contributed by atoms with Gasteiger partial charge < -0.3 is 10.6 Å². The van der Waals surface area contributed by atoms with Crippen LogP contribution in [0.2, 0.25) is 5.02 Å². The highest BCUT2D eigenvalue weighted by atomic mass is 35.5. The van der Waals surface area contributed by atoms with Gasteiger partial charge in [0, 0.05) is 28.6 Å². The van der Waals surface area contributed by atoms with Crippen molar-refractivity contribution in [3.05, 3.63) is 51.7 Å². The molecule has 0 radical (unpaired) electrons. The van der Waals surface area contributed by atoms with Crippen LogP contribution in [0.1, 0.15) is 30.2 Å². The minimum absolute atomic E-state index is 0.0466. The average Bonchev–Trinajstić information content (AvgIpc) is 3.31. The first-order valence-corrected chi connectivity index (χ1v) is 9.75. The maximum Gasteiger partial charge on any atom is 0.238 e. The number of carbonyl (C=O) groups excluding carboxylic acids is 2. The molecule has 1 aromatic carbocycles. The Bertz CT molecular complexity index is 736. The van der Waals surface area contributed by atoms with Gasteiger partial charge in [0.2, 0.25) is 11.8 Å². The highest BCUT2D eigenvalue weighted by Crippen LogP contribution is 2.25. The fourth-order valence-corrected chi connectivity index (χ4v) is 3.66. The Labute approximate surface area is 161 Å². The van der Waals surface area contributed by atoms with E-state index in [1.165, 1.54) is 4.88 Å². The van der Waals surface area contributed by atoms with Crippen molar-refractivity contribution in [2.75, 3.05) is 11.9 Å². The van der Waals surface area contributed by atoms with Crippen LogP contribution in [0.4, 0.5) is 5.69 Å². The van der Waals surface area contributed by atoms with Crippen LogP contribution in [0.15, 0.2) is 41.8 Å². The van der Waals surface area contributed by atoms with E-state index in [0.29, 0.717) is 36.5 Å². The predicted octanol–water partition coefficient (Wildman–Crippen LogP) is 2.84. The summed E-state index contributed by atoms with van der Waals surface area (Å²) in [6.07, 6.45) is 1.64. The molecule has 8 heteroatoms. The number of thiophene rings is 1. The van der Waals surface area contributed by atoms with E-state index in [0.717, 1.165) is 0 Å². The van der Waals surface area contributed by atoms with Crippen molar-refractivity contribution in [3.63, 3.8) is 0 Å². The van der Waals surface area contributed by atoms with Crippen LogP contribution in [-0.2, 0) is 9.59 Å².